The Kier molecular flexibility index (Phi) is 23.4. The molecule has 0 unspecified atom stereocenters. The second kappa shape index (κ2) is 37.7. The van der Waals surface area contributed by atoms with Crippen LogP contribution in [0.15, 0.2) is 461 Å². The highest BCUT2D eigenvalue weighted by Gasteiger charge is 2.20. The monoisotopic (exact) mass is 1680 g/mol. The van der Waals surface area contributed by atoms with Crippen LogP contribution in [0.3, 0.4) is 0 Å². The van der Waals surface area contributed by atoms with Gasteiger partial charge in [-0.3, -0.25) is 0 Å². The molecule has 0 aliphatic heterocycles. The fraction of sp³-hybridized carbons (Fsp3) is 0. The SMILES string of the molecule is N#Cc1ccc(-c2ccc(-c3cccc4cc(-c5ccc(-c6nc(-c7ccccc7)nc(-c7ccccc7)n6)cc5)ccc34)cc2)cc1.N#Cc1cccc(-c2cccc3cc(-c4ccc(-c5nc(-c6ccccc6)nc(-c6ccccc6)n5)cc4)ccc23)c1.[C-]#[N+]c1ccccc1-c1cccc2cc(-c3ccc(-c4nc(-c5ccccc5)nc(-c5ccccc5)n4)cc3)ccc12. The van der Waals surface area contributed by atoms with Gasteiger partial charge in [-0.2, -0.15) is 10.5 Å². The first kappa shape index (κ1) is 81.8. The number of benzene rings is 19. The van der Waals surface area contributed by atoms with Crippen molar-refractivity contribution in [1.82, 2.24) is 44.9 Å². The largest absolute Gasteiger partial charge is 0.238 e. The molecule has 0 radical (unpaired) electrons. The molecule has 19 aromatic carbocycles. The van der Waals surface area contributed by atoms with Crippen LogP contribution in [0, 0.1) is 29.2 Å². The van der Waals surface area contributed by atoms with E-state index in [2.05, 4.69) is 229 Å². The molecule has 3 heterocycles. The Morgan fingerprint density at radius 2 is 0.394 bits per heavy atom. The van der Waals surface area contributed by atoms with E-state index in [0.29, 0.717) is 69.2 Å². The maximum atomic E-state index is 9.35. The average Bonchev–Trinajstić information content (AvgIpc) is 0.790. The topological polar surface area (TPSA) is 168 Å². The Morgan fingerprint density at radius 3 is 0.712 bits per heavy atom. The van der Waals surface area contributed by atoms with Crippen molar-refractivity contribution in [2.24, 2.45) is 0 Å². The maximum absolute atomic E-state index is 9.35. The molecule has 132 heavy (non-hydrogen) atoms. The van der Waals surface area contributed by atoms with Gasteiger partial charge < -0.3 is 0 Å². The van der Waals surface area contributed by atoms with E-state index in [9.17, 15) is 5.26 Å². The molecule has 0 N–H and O–H groups in total. The summed E-state index contributed by atoms with van der Waals surface area (Å²) >= 11 is 0. The molecule has 0 bridgehead atoms. The van der Waals surface area contributed by atoms with Gasteiger partial charge in [0.15, 0.2) is 58.1 Å². The summed E-state index contributed by atoms with van der Waals surface area (Å²) in [5.41, 5.74) is 26.0. The van der Waals surface area contributed by atoms with Gasteiger partial charge >= 0.3 is 0 Å². The number of fused-ring (bicyclic) bond motifs is 3. The van der Waals surface area contributed by atoms with Gasteiger partial charge in [0.2, 0.25) is 0 Å². The molecule has 22 aromatic rings. The van der Waals surface area contributed by atoms with E-state index in [1.165, 1.54) is 16.3 Å². The molecule has 0 atom stereocenters. The molecule has 3 aromatic heterocycles. The Hall–Kier alpha value is -18.5. The van der Waals surface area contributed by atoms with Crippen LogP contribution in [-0.2, 0) is 0 Å². The summed E-state index contributed by atoms with van der Waals surface area (Å²) in [5.74, 6) is 5.80. The summed E-state index contributed by atoms with van der Waals surface area (Å²) in [4.78, 5) is 47.3. The maximum Gasteiger partial charge on any atom is 0.194 e. The van der Waals surface area contributed by atoms with Crippen LogP contribution in [0.1, 0.15) is 11.1 Å². The lowest BCUT2D eigenvalue weighted by Gasteiger charge is -2.11. The van der Waals surface area contributed by atoms with Crippen LogP contribution in [0.25, 0.3) is 218 Å². The van der Waals surface area contributed by atoms with Gasteiger partial charge in [0.05, 0.1) is 29.8 Å². The van der Waals surface area contributed by atoms with Gasteiger partial charge in [-0.15, -0.1) is 0 Å². The first-order valence-corrected chi connectivity index (χ1v) is 43.3. The van der Waals surface area contributed by atoms with E-state index < -0.39 is 0 Å². The zero-order valence-electron chi connectivity index (χ0n) is 71.2. The van der Waals surface area contributed by atoms with Crippen LogP contribution >= 0.6 is 0 Å². The summed E-state index contributed by atoms with van der Waals surface area (Å²) in [6, 6.07) is 160. The molecular weight excluding hydrogens is 1610 g/mol. The van der Waals surface area contributed by atoms with E-state index in [-0.39, 0.29) is 0 Å². The summed E-state index contributed by atoms with van der Waals surface area (Å²) < 4.78 is 0. The van der Waals surface area contributed by atoms with Gasteiger partial charge in [-0.1, -0.05) is 419 Å². The van der Waals surface area contributed by atoms with Crippen LogP contribution in [-0.4, -0.2) is 44.9 Å². The lowest BCUT2D eigenvalue weighted by atomic mass is 9.94. The molecule has 0 spiro atoms. The standard InChI is InChI=1S/C44H28N4.2C38H24N4/c45-29-30-14-16-31(17-15-30)32-18-22-34(23-19-32)40-13-7-12-39-28-38(26-27-41(39)40)33-20-24-37(25-21-33)44-47-42(35-8-3-1-4-9-35)46-43(48-44)36-10-5-2-6-11-36;1-39-35-18-9-8-16-34(35)33-17-10-15-31-25-30(23-24-32(31)33)26-19-21-29(22-20-26)38-41-36(27-11-4-2-5-12-27)40-37(42-38)28-13-6-3-7-14-28;39-25-26-9-7-14-32(23-26)34-16-8-15-33-24-31(21-22-35(33)34)27-17-19-30(20-18-27)38-41-36(28-10-3-1-4-11-28)40-37(42-38)29-12-5-2-6-13-29/h1-28H;2-25H;1-24H. The van der Waals surface area contributed by atoms with Crippen LogP contribution in [0.4, 0.5) is 5.69 Å². The fourth-order valence-corrected chi connectivity index (χ4v) is 16.5. The van der Waals surface area contributed by atoms with E-state index in [4.69, 9.17) is 56.7 Å². The minimum absolute atomic E-state index is 0.635. The zero-order valence-corrected chi connectivity index (χ0v) is 71.2. The van der Waals surface area contributed by atoms with Gasteiger partial charge in [0.1, 0.15) is 0 Å². The molecule has 0 fully saturated rings. The van der Waals surface area contributed by atoms with E-state index in [0.717, 1.165) is 144 Å². The number of hydrogen-bond donors (Lipinski definition) is 0. The molecule has 12 heteroatoms. The zero-order chi connectivity index (χ0) is 88.9. The van der Waals surface area contributed by atoms with Crippen LogP contribution in [0.2, 0.25) is 0 Å². The van der Waals surface area contributed by atoms with E-state index in [1.54, 1.807) is 0 Å². The van der Waals surface area contributed by atoms with Gasteiger partial charge in [0.25, 0.3) is 0 Å². The van der Waals surface area contributed by atoms with Crippen LogP contribution < -0.4 is 0 Å². The predicted octanol–water partition coefficient (Wildman–Crippen LogP) is 30.0. The predicted molar refractivity (Wildman–Crippen MR) is 535 cm³/mol. The molecule has 0 amide bonds. The highest BCUT2D eigenvalue weighted by molar-refractivity contribution is 6.03. The second-order valence-corrected chi connectivity index (χ2v) is 31.7. The molecule has 0 aliphatic carbocycles. The highest BCUT2D eigenvalue weighted by Crippen LogP contribution is 2.41. The minimum Gasteiger partial charge on any atom is -0.238 e. The minimum atomic E-state index is 0.635. The number of nitriles is 2. The number of hydrogen-bond acceptors (Lipinski definition) is 11. The quantitative estimate of drug-likeness (QED) is 0.0844. The van der Waals surface area contributed by atoms with Crippen molar-refractivity contribution in [2.75, 3.05) is 0 Å². The van der Waals surface area contributed by atoms with Gasteiger partial charge in [0, 0.05) is 50.1 Å². The Labute approximate surface area is 764 Å². The van der Waals surface area contributed by atoms with Crippen LogP contribution in [0.5, 0.6) is 0 Å². The fourth-order valence-electron chi connectivity index (χ4n) is 16.5. The van der Waals surface area contributed by atoms with Gasteiger partial charge in [-0.05, 0) is 153 Å². The summed E-state index contributed by atoms with van der Waals surface area (Å²) in [7, 11) is 0. The second-order valence-electron chi connectivity index (χ2n) is 31.7. The average molecular weight is 1690 g/mol. The van der Waals surface area contributed by atoms with E-state index >= 15 is 0 Å². The molecule has 0 saturated carbocycles. The van der Waals surface area contributed by atoms with E-state index in [1.807, 2.05) is 249 Å². The third-order valence-corrected chi connectivity index (χ3v) is 23.3. The van der Waals surface area contributed by atoms with Crippen molar-refractivity contribution < 1.29 is 0 Å². The smallest absolute Gasteiger partial charge is 0.194 e. The lowest BCUT2D eigenvalue weighted by Crippen LogP contribution is -2.00. The normalized spacial score (nSPS) is 10.9. The Morgan fingerprint density at radius 1 is 0.167 bits per heavy atom. The number of aromatic nitrogens is 9. The lowest BCUT2D eigenvalue weighted by molar-refractivity contribution is 1.07. The molecule has 616 valence electrons. The third kappa shape index (κ3) is 17.9. The van der Waals surface area contributed by atoms with Crippen molar-refractivity contribution >= 4 is 38.0 Å². The molecule has 0 saturated heterocycles. The summed E-state index contributed by atoms with van der Waals surface area (Å²) in [5, 5.41) is 25.4. The third-order valence-electron chi connectivity index (χ3n) is 23.3. The first-order valence-electron chi connectivity index (χ1n) is 43.3. The van der Waals surface area contributed by atoms with Crippen molar-refractivity contribution in [3.63, 3.8) is 0 Å². The molecule has 22 rings (SSSR count). The Bertz CT molecular complexity index is 7920. The Balaban J connectivity index is 0.000000124. The molecule has 0 aliphatic rings. The number of rotatable bonds is 16. The van der Waals surface area contributed by atoms with Crippen molar-refractivity contribution in [3.8, 4) is 193 Å². The van der Waals surface area contributed by atoms with Crippen molar-refractivity contribution in [1.29, 1.82) is 10.5 Å². The number of para-hydroxylation sites is 1. The molecular formula is C120H76N12. The van der Waals surface area contributed by atoms with Crippen molar-refractivity contribution in [3.05, 3.63) is 484 Å². The highest BCUT2D eigenvalue weighted by atomic mass is 15.1. The van der Waals surface area contributed by atoms with Crippen molar-refractivity contribution in [2.45, 2.75) is 0 Å². The van der Waals surface area contributed by atoms with Gasteiger partial charge in [-0.25, -0.2) is 49.7 Å². The first-order chi connectivity index (χ1) is 65.2. The summed E-state index contributed by atoms with van der Waals surface area (Å²) in [6.45, 7) is 7.59. The summed E-state index contributed by atoms with van der Waals surface area (Å²) in [6.07, 6.45) is 0. The number of nitrogens with zero attached hydrogens (tertiary/aromatic N) is 12. The molecule has 12 nitrogen and oxygen atoms in total.